The summed E-state index contributed by atoms with van der Waals surface area (Å²) in [5.41, 5.74) is 1.15. The van der Waals surface area contributed by atoms with Crippen LogP contribution < -0.4 is 10.5 Å². The number of nitriles is 1. The Balaban J connectivity index is 1.76. The van der Waals surface area contributed by atoms with Crippen molar-refractivity contribution in [3.8, 4) is 6.07 Å². The number of carbonyl (C=O) groups is 1. The van der Waals surface area contributed by atoms with Crippen LogP contribution in [0.4, 0.5) is 5.82 Å². The maximum Gasteiger partial charge on any atom is 0.270 e. The summed E-state index contributed by atoms with van der Waals surface area (Å²) < 4.78 is 7.73. The number of hydrogen-bond acceptors (Lipinski definition) is 7. The Hall–Kier alpha value is -2.15. The standard InChI is InChI=1S/C21H24N4O3S2/c1-13-15(18(24-7-3-4-8-24)23(2)19(26)16(13)11-22)10-17-20(27)25(21(29)30-17)12-14-6-5-9-28-14/h10,14H,3-9,12H2,1-2H3/b17-10+. The molecule has 0 bridgehead atoms. The number of pyridine rings is 1. The molecule has 4 rings (SSSR count). The van der Waals surface area contributed by atoms with Crippen molar-refractivity contribution in [1.82, 2.24) is 9.47 Å². The molecule has 1 aromatic rings. The van der Waals surface area contributed by atoms with E-state index in [9.17, 15) is 14.9 Å². The molecule has 0 aliphatic carbocycles. The van der Waals surface area contributed by atoms with E-state index in [0.717, 1.165) is 56.8 Å². The summed E-state index contributed by atoms with van der Waals surface area (Å²) in [6, 6.07) is 2.04. The van der Waals surface area contributed by atoms with E-state index in [1.807, 2.05) is 6.07 Å². The van der Waals surface area contributed by atoms with E-state index in [4.69, 9.17) is 17.0 Å². The fraction of sp³-hybridized carbons (Fsp3) is 0.524. The molecule has 1 atom stereocenters. The number of anilines is 1. The quantitative estimate of drug-likeness (QED) is 0.522. The maximum atomic E-state index is 13.1. The zero-order valence-electron chi connectivity index (χ0n) is 17.1. The molecule has 3 aliphatic heterocycles. The topological polar surface area (TPSA) is 78.6 Å². The summed E-state index contributed by atoms with van der Waals surface area (Å²) in [7, 11) is 1.69. The predicted octanol–water partition coefficient (Wildman–Crippen LogP) is 2.55. The Labute approximate surface area is 185 Å². The first-order chi connectivity index (χ1) is 14.4. The molecule has 3 saturated heterocycles. The molecule has 3 aliphatic rings. The molecular formula is C21H24N4O3S2. The number of carbonyl (C=O) groups excluding carboxylic acids is 1. The van der Waals surface area contributed by atoms with E-state index in [2.05, 4.69) is 4.90 Å². The van der Waals surface area contributed by atoms with Crippen LogP contribution >= 0.6 is 24.0 Å². The number of hydrogen-bond donors (Lipinski definition) is 0. The minimum Gasteiger partial charge on any atom is -0.376 e. The maximum absolute atomic E-state index is 13.1. The highest BCUT2D eigenvalue weighted by atomic mass is 32.2. The third-order valence-corrected chi connectivity index (χ3v) is 7.31. The Bertz CT molecular complexity index is 1030. The summed E-state index contributed by atoms with van der Waals surface area (Å²) in [5.74, 6) is 0.623. The number of aromatic nitrogens is 1. The number of thioether (sulfide) groups is 1. The molecule has 0 radical (unpaired) electrons. The molecule has 1 unspecified atom stereocenters. The monoisotopic (exact) mass is 444 g/mol. The molecular weight excluding hydrogens is 420 g/mol. The lowest BCUT2D eigenvalue weighted by atomic mass is 10.0. The Morgan fingerprint density at radius 2 is 2.03 bits per heavy atom. The Kier molecular flexibility index (Phi) is 6.00. The third kappa shape index (κ3) is 3.68. The van der Waals surface area contributed by atoms with E-state index < -0.39 is 0 Å². The lowest BCUT2D eigenvalue weighted by Crippen LogP contribution is -2.35. The van der Waals surface area contributed by atoms with Gasteiger partial charge >= 0.3 is 0 Å². The lowest BCUT2D eigenvalue weighted by molar-refractivity contribution is -0.123. The van der Waals surface area contributed by atoms with Crippen molar-refractivity contribution in [2.75, 3.05) is 31.1 Å². The van der Waals surface area contributed by atoms with E-state index >= 15 is 0 Å². The van der Waals surface area contributed by atoms with Crippen LogP contribution in [-0.2, 0) is 16.6 Å². The van der Waals surface area contributed by atoms with Crippen LogP contribution in [0.5, 0.6) is 0 Å². The number of ether oxygens (including phenoxy) is 1. The van der Waals surface area contributed by atoms with Crippen LogP contribution in [0.1, 0.15) is 42.4 Å². The molecule has 4 heterocycles. The largest absolute Gasteiger partial charge is 0.376 e. The summed E-state index contributed by atoms with van der Waals surface area (Å²) in [5, 5.41) is 9.55. The predicted molar refractivity (Wildman–Crippen MR) is 121 cm³/mol. The van der Waals surface area contributed by atoms with Crippen molar-refractivity contribution < 1.29 is 9.53 Å². The molecule has 7 nitrogen and oxygen atoms in total. The van der Waals surface area contributed by atoms with E-state index in [1.54, 1.807) is 24.9 Å². The van der Waals surface area contributed by atoms with Gasteiger partial charge in [0.05, 0.1) is 17.6 Å². The van der Waals surface area contributed by atoms with Crippen molar-refractivity contribution in [2.45, 2.75) is 38.7 Å². The molecule has 158 valence electrons. The Morgan fingerprint density at radius 1 is 1.30 bits per heavy atom. The molecule has 0 aromatic carbocycles. The highest BCUT2D eigenvalue weighted by molar-refractivity contribution is 8.26. The van der Waals surface area contributed by atoms with E-state index in [0.29, 0.717) is 21.3 Å². The lowest BCUT2D eigenvalue weighted by Gasteiger charge is -2.25. The molecule has 9 heteroatoms. The van der Waals surface area contributed by atoms with Crippen LogP contribution in [0.2, 0.25) is 0 Å². The van der Waals surface area contributed by atoms with Gasteiger partial charge in [-0.1, -0.05) is 24.0 Å². The molecule has 0 spiro atoms. The van der Waals surface area contributed by atoms with Gasteiger partial charge in [-0.3, -0.25) is 19.1 Å². The normalized spacial score (nSPS) is 23.1. The fourth-order valence-corrected chi connectivity index (χ4v) is 5.56. The van der Waals surface area contributed by atoms with Gasteiger partial charge in [0.25, 0.3) is 11.5 Å². The molecule has 3 fully saturated rings. The summed E-state index contributed by atoms with van der Waals surface area (Å²) >= 11 is 6.74. The second-order valence-electron chi connectivity index (χ2n) is 7.83. The highest BCUT2D eigenvalue weighted by Gasteiger charge is 2.35. The first-order valence-corrected chi connectivity index (χ1v) is 11.4. The minimum absolute atomic E-state index is 0.0245. The van der Waals surface area contributed by atoms with Crippen LogP contribution in [0.15, 0.2) is 9.70 Å². The van der Waals surface area contributed by atoms with Gasteiger partial charge in [0.1, 0.15) is 21.8 Å². The number of nitrogens with zero attached hydrogens (tertiary/aromatic N) is 4. The van der Waals surface area contributed by atoms with Crippen molar-refractivity contribution in [1.29, 1.82) is 5.26 Å². The first-order valence-electron chi connectivity index (χ1n) is 10.2. The summed E-state index contributed by atoms with van der Waals surface area (Å²) in [6.07, 6.45) is 5.87. The number of rotatable bonds is 4. The first kappa shape index (κ1) is 21.1. The molecule has 30 heavy (non-hydrogen) atoms. The zero-order valence-corrected chi connectivity index (χ0v) is 18.8. The van der Waals surface area contributed by atoms with Gasteiger partial charge < -0.3 is 9.64 Å². The van der Waals surface area contributed by atoms with Crippen molar-refractivity contribution in [2.24, 2.45) is 7.05 Å². The zero-order chi connectivity index (χ0) is 21.4. The van der Waals surface area contributed by atoms with Gasteiger partial charge in [-0.15, -0.1) is 0 Å². The Morgan fingerprint density at radius 3 is 2.67 bits per heavy atom. The third-order valence-electron chi connectivity index (χ3n) is 5.93. The number of thiocarbonyl (C=S) groups is 1. The second-order valence-corrected chi connectivity index (χ2v) is 9.51. The van der Waals surface area contributed by atoms with Gasteiger partial charge in [-0.05, 0) is 44.2 Å². The molecule has 1 aromatic heterocycles. The summed E-state index contributed by atoms with van der Waals surface area (Å²) in [6.45, 7) is 4.66. The average Bonchev–Trinajstić information content (AvgIpc) is 3.47. The van der Waals surface area contributed by atoms with E-state index in [-0.39, 0.29) is 23.1 Å². The van der Waals surface area contributed by atoms with Crippen molar-refractivity contribution in [3.63, 3.8) is 0 Å². The van der Waals surface area contributed by atoms with E-state index in [1.165, 1.54) is 16.3 Å². The van der Waals surface area contributed by atoms with Crippen LogP contribution in [-0.4, -0.2) is 52.0 Å². The molecule has 0 saturated carbocycles. The highest BCUT2D eigenvalue weighted by Crippen LogP contribution is 2.36. The van der Waals surface area contributed by atoms with Gasteiger partial charge in [0, 0.05) is 32.3 Å². The van der Waals surface area contributed by atoms with Crippen LogP contribution in [0.25, 0.3) is 6.08 Å². The second kappa shape index (κ2) is 8.53. The van der Waals surface area contributed by atoms with Crippen molar-refractivity contribution in [3.05, 3.63) is 31.9 Å². The van der Waals surface area contributed by atoms with Gasteiger partial charge in [0.2, 0.25) is 0 Å². The van der Waals surface area contributed by atoms with Crippen LogP contribution in [0.3, 0.4) is 0 Å². The minimum atomic E-state index is -0.306. The fourth-order valence-electron chi connectivity index (χ4n) is 4.30. The van der Waals surface area contributed by atoms with Crippen molar-refractivity contribution >= 4 is 46.1 Å². The van der Waals surface area contributed by atoms with Gasteiger partial charge in [-0.25, -0.2) is 0 Å². The van der Waals surface area contributed by atoms with Crippen LogP contribution in [0, 0.1) is 18.3 Å². The SMILES string of the molecule is Cc1c(/C=C2/SC(=S)N(CC3CCCO3)C2=O)c(N2CCCC2)n(C)c(=O)c1C#N. The number of amides is 1. The van der Waals surface area contributed by atoms with Gasteiger partial charge in [0.15, 0.2) is 0 Å². The van der Waals surface area contributed by atoms with Gasteiger partial charge in [-0.2, -0.15) is 5.26 Å². The smallest absolute Gasteiger partial charge is 0.270 e. The molecule has 0 N–H and O–H groups in total. The molecule has 1 amide bonds. The average molecular weight is 445 g/mol. The summed E-state index contributed by atoms with van der Waals surface area (Å²) in [4.78, 5) is 30.1.